The molecule has 3 rings (SSSR count). The molecule has 154 valence electrons. The summed E-state index contributed by atoms with van der Waals surface area (Å²) < 4.78 is 16.7. The fourth-order valence-corrected chi connectivity index (χ4v) is 3.88. The molecule has 0 N–H and O–H groups in total. The molecule has 2 saturated heterocycles. The van der Waals surface area contributed by atoms with Gasteiger partial charge in [-0.15, -0.1) is 0 Å². The minimum atomic E-state index is -0.782. The Hall–Kier alpha value is -2.08. The number of carbonyl (C=O) groups excluding carboxylic acids is 2. The van der Waals surface area contributed by atoms with Crippen LogP contribution < -0.4 is 4.74 Å². The van der Waals surface area contributed by atoms with Gasteiger partial charge >= 0.3 is 5.97 Å². The van der Waals surface area contributed by atoms with Crippen LogP contribution in [0.3, 0.4) is 0 Å². The molecule has 0 aliphatic carbocycles. The smallest absolute Gasteiger partial charge is 0.338 e. The Labute approximate surface area is 167 Å². The first-order valence-corrected chi connectivity index (χ1v) is 10.4. The van der Waals surface area contributed by atoms with Gasteiger partial charge in [0, 0.05) is 19.2 Å². The Bertz CT molecular complexity index is 653. The molecule has 2 aliphatic heterocycles. The Morgan fingerprint density at radius 3 is 2.64 bits per heavy atom. The summed E-state index contributed by atoms with van der Waals surface area (Å²) in [7, 11) is 0. The van der Waals surface area contributed by atoms with Gasteiger partial charge in [0.2, 0.25) is 0 Å². The lowest BCUT2D eigenvalue weighted by atomic mass is 9.99. The Morgan fingerprint density at radius 2 is 1.96 bits per heavy atom. The molecule has 3 atom stereocenters. The van der Waals surface area contributed by atoms with Gasteiger partial charge in [-0.2, -0.15) is 0 Å². The summed E-state index contributed by atoms with van der Waals surface area (Å²) in [6.07, 6.45) is 5.58. The van der Waals surface area contributed by atoms with Gasteiger partial charge in [0.25, 0.3) is 5.91 Å². The molecule has 0 saturated carbocycles. The second-order valence-corrected chi connectivity index (χ2v) is 7.61. The molecule has 1 aromatic carbocycles. The van der Waals surface area contributed by atoms with Crippen molar-refractivity contribution in [1.29, 1.82) is 0 Å². The van der Waals surface area contributed by atoms with E-state index < -0.39 is 12.1 Å². The summed E-state index contributed by atoms with van der Waals surface area (Å²) in [6, 6.07) is 7.08. The first-order valence-electron chi connectivity index (χ1n) is 10.4. The monoisotopic (exact) mass is 389 g/mol. The summed E-state index contributed by atoms with van der Waals surface area (Å²) in [5.41, 5.74) is 0.412. The number of carbonyl (C=O) groups is 2. The van der Waals surface area contributed by atoms with Crippen LogP contribution in [0.5, 0.6) is 5.75 Å². The number of benzene rings is 1. The molecular formula is C22H31NO5. The molecule has 1 aromatic rings. The predicted octanol–water partition coefficient (Wildman–Crippen LogP) is 3.58. The third-order valence-electron chi connectivity index (χ3n) is 5.56. The van der Waals surface area contributed by atoms with E-state index in [0.717, 1.165) is 51.7 Å². The molecule has 1 amide bonds. The number of hydrogen-bond acceptors (Lipinski definition) is 5. The predicted molar refractivity (Wildman–Crippen MR) is 105 cm³/mol. The van der Waals surface area contributed by atoms with Gasteiger partial charge in [0.15, 0.2) is 6.10 Å². The van der Waals surface area contributed by atoms with Gasteiger partial charge in [-0.05, 0) is 69.7 Å². The third-order valence-corrected chi connectivity index (χ3v) is 5.56. The minimum absolute atomic E-state index is 0.101. The van der Waals surface area contributed by atoms with E-state index in [1.807, 2.05) is 4.90 Å². The highest BCUT2D eigenvalue weighted by Gasteiger charge is 2.30. The Kier molecular flexibility index (Phi) is 7.31. The van der Waals surface area contributed by atoms with Crippen molar-refractivity contribution >= 4 is 11.9 Å². The number of amides is 1. The first-order chi connectivity index (χ1) is 13.6. The fraction of sp³-hybridized carbons (Fsp3) is 0.636. The summed E-state index contributed by atoms with van der Waals surface area (Å²) in [6.45, 7) is 5.81. The largest absolute Gasteiger partial charge is 0.491 e. The lowest BCUT2D eigenvalue weighted by Gasteiger charge is -2.36. The second-order valence-electron chi connectivity index (χ2n) is 7.61. The van der Waals surface area contributed by atoms with E-state index in [1.165, 1.54) is 0 Å². The van der Waals surface area contributed by atoms with Gasteiger partial charge in [0.05, 0.1) is 11.7 Å². The molecule has 0 aromatic heterocycles. The van der Waals surface area contributed by atoms with E-state index in [-0.39, 0.29) is 18.1 Å². The van der Waals surface area contributed by atoms with Crippen LogP contribution in [0, 0.1) is 0 Å². The molecule has 2 fully saturated rings. The lowest BCUT2D eigenvalue weighted by molar-refractivity contribution is -0.143. The summed E-state index contributed by atoms with van der Waals surface area (Å²) >= 11 is 0. The molecule has 2 aliphatic rings. The van der Waals surface area contributed by atoms with Gasteiger partial charge in [-0.3, -0.25) is 4.79 Å². The van der Waals surface area contributed by atoms with E-state index in [9.17, 15) is 9.59 Å². The third kappa shape index (κ3) is 5.25. The zero-order valence-corrected chi connectivity index (χ0v) is 16.9. The van der Waals surface area contributed by atoms with Crippen molar-refractivity contribution < 1.29 is 23.8 Å². The fourth-order valence-electron chi connectivity index (χ4n) is 3.88. The van der Waals surface area contributed by atoms with E-state index in [0.29, 0.717) is 17.9 Å². The van der Waals surface area contributed by atoms with Crippen molar-refractivity contribution in [3.8, 4) is 5.75 Å². The highest BCUT2D eigenvalue weighted by atomic mass is 16.5. The van der Waals surface area contributed by atoms with Crippen molar-refractivity contribution in [3.63, 3.8) is 0 Å². The zero-order valence-electron chi connectivity index (χ0n) is 16.9. The van der Waals surface area contributed by atoms with Crippen molar-refractivity contribution in [1.82, 2.24) is 4.90 Å². The highest BCUT2D eigenvalue weighted by molar-refractivity contribution is 5.92. The molecule has 6 nitrogen and oxygen atoms in total. The molecule has 2 heterocycles. The first kappa shape index (κ1) is 20.6. The molecule has 28 heavy (non-hydrogen) atoms. The van der Waals surface area contributed by atoms with Crippen LogP contribution in [0.15, 0.2) is 24.3 Å². The average molecular weight is 389 g/mol. The van der Waals surface area contributed by atoms with Crippen LogP contribution in [-0.2, 0) is 14.3 Å². The maximum absolute atomic E-state index is 12.7. The van der Waals surface area contributed by atoms with Crippen LogP contribution in [0.4, 0.5) is 0 Å². The SMILES string of the molecule is CCC1CCCCN1C(=O)C(C)OC(=O)c1ccc(OCC2CCCO2)cc1. The molecule has 6 heteroatoms. The van der Waals surface area contributed by atoms with Crippen molar-refractivity contribution in [3.05, 3.63) is 29.8 Å². The van der Waals surface area contributed by atoms with Crippen LogP contribution in [0.1, 0.15) is 62.7 Å². The number of ether oxygens (including phenoxy) is 3. The topological polar surface area (TPSA) is 65.1 Å². The number of esters is 1. The lowest BCUT2D eigenvalue weighted by Crippen LogP contribution is -2.48. The van der Waals surface area contributed by atoms with E-state index >= 15 is 0 Å². The molecule has 0 radical (unpaired) electrons. The number of hydrogen-bond donors (Lipinski definition) is 0. The van der Waals surface area contributed by atoms with E-state index in [4.69, 9.17) is 14.2 Å². The van der Waals surface area contributed by atoms with Gasteiger partial charge in [0.1, 0.15) is 12.4 Å². The van der Waals surface area contributed by atoms with Gasteiger partial charge in [-0.25, -0.2) is 4.79 Å². The van der Waals surface area contributed by atoms with Gasteiger partial charge in [-0.1, -0.05) is 6.92 Å². The second kappa shape index (κ2) is 9.92. The quantitative estimate of drug-likeness (QED) is 0.667. The van der Waals surface area contributed by atoms with Crippen LogP contribution in [0.2, 0.25) is 0 Å². The number of nitrogens with zero attached hydrogens (tertiary/aromatic N) is 1. The van der Waals surface area contributed by atoms with Crippen LogP contribution in [0.25, 0.3) is 0 Å². The average Bonchev–Trinajstić information content (AvgIpc) is 3.25. The maximum Gasteiger partial charge on any atom is 0.338 e. The Morgan fingerprint density at radius 1 is 1.18 bits per heavy atom. The minimum Gasteiger partial charge on any atom is -0.491 e. The summed E-state index contributed by atoms with van der Waals surface area (Å²) in [5, 5.41) is 0. The molecule has 0 spiro atoms. The van der Waals surface area contributed by atoms with Crippen molar-refractivity contribution in [2.45, 2.75) is 70.6 Å². The number of rotatable bonds is 7. The van der Waals surface area contributed by atoms with Crippen molar-refractivity contribution in [2.24, 2.45) is 0 Å². The van der Waals surface area contributed by atoms with Crippen molar-refractivity contribution in [2.75, 3.05) is 19.8 Å². The standard InChI is InChI=1S/C22H31NO5/c1-3-18-7-4-5-13-23(18)21(24)16(2)28-22(25)17-9-11-19(12-10-17)27-15-20-8-6-14-26-20/h9-12,16,18,20H,3-8,13-15H2,1-2H3. The van der Waals surface area contributed by atoms with Gasteiger partial charge < -0.3 is 19.1 Å². The summed E-state index contributed by atoms with van der Waals surface area (Å²) in [5.74, 6) is 0.100. The molecule has 3 unspecified atom stereocenters. The van der Waals surface area contributed by atoms with E-state index in [1.54, 1.807) is 31.2 Å². The zero-order chi connectivity index (χ0) is 19.9. The summed E-state index contributed by atoms with van der Waals surface area (Å²) in [4.78, 5) is 27.0. The molecular weight excluding hydrogens is 358 g/mol. The highest BCUT2D eigenvalue weighted by Crippen LogP contribution is 2.21. The normalized spacial score (nSPS) is 23.3. The maximum atomic E-state index is 12.7. The van der Waals surface area contributed by atoms with E-state index in [2.05, 4.69) is 6.92 Å². The number of piperidine rings is 1. The van der Waals surface area contributed by atoms with Crippen LogP contribution in [-0.4, -0.2) is 54.8 Å². The Balaban J connectivity index is 1.51. The van der Waals surface area contributed by atoms with Crippen LogP contribution >= 0.6 is 0 Å². The molecule has 0 bridgehead atoms. The number of likely N-dealkylation sites (tertiary alicyclic amines) is 1.